The molecule has 1 aliphatic rings. The molecule has 2 aromatic carbocycles. The second-order valence-electron chi connectivity index (χ2n) is 7.27. The van der Waals surface area contributed by atoms with Gasteiger partial charge in [-0.15, -0.1) is 0 Å². The predicted molar refractivity (Wildman–Crippen MR) is 112 cm³/mol. The van der Waals surface area contributed by atoms with Crippen LogP contribution in [0.2, 0.25) is 0 Å². The number of rotatable bonds is 4. The van der Waals surface area contributed by atoms with E-state index in [2.05, 4.69) is 52.1 Å². The standard InChI is InChI=1S/C22H23N5O/c1-15-14-21-25-22(19-4-2-3-5-20(19)27(21)26-15)24-17-8-6-16(7-9-17)23-18-10-12-28-13-11-18/h2-9,14,18,23H,10-13H2,1H3,(H,24,25). The predicted octanol–water partition coefficient (Wildman–Crippen LogP) is 4.53. The van der Waals surface area contributed by atoms with Gasteiger partial charge >= 0.3 is 0 Å². The van der Waals surface area contributed by atoms with Crippen LogP contribution in [0.25, 0.3) is 16.6 Å². The molecule has 0 aliphatic carbocycles. The van der Waals surface area contributed by atoms with Crippen LogP contribution >= 0.6 is 0 Å². The van der Waals surface area contributed by atoms with Gasteiger partial charge in [-0.25, -0.2) is 9.50 Å². The fraction of sp³-hybridized carbons (Fsp3) is 0.273. The minimum atomic E-state index is 0.491. The molecule has 0 saturated carbocycles. The van der Waals surface area contributed by atoms with Crippen LogP contribution in [0.5, 0.6) is 0 Å². The molecule has 1 fully saturated rings. The summed E-state index contributed by atoms with van der Waals surface area (Å²) in [6, 6.07) is 19.1. The third-order valence-electron chi connectivity index (χ3n) is 5.17. The van der Waals surface area contributed by atoms with Crippen molar-refractivity contribution in [3.63, 3.8) is 0 Å². The smallest absolute Gasteiger partial charge is 0.158 e. The van der Waals surface area contributed by atoms with Crippen LogP contribution in [0, 0.1) is 6.92 Å². The summed E-state index contributed by atoms with van der Waals surface area (Å²) >= 11 is 0. The van der Waals surface area contributed by atoms with Gasteiger partial charge in [0.25, 0.3) is 0 Å². The van der Waals surface area contributed by atoms with Crippen molar-refractivity contribution in [2.45, 2.75) is 25.8 Å². The number of hydrogen-bond acceptors (Lipinski definition) is 5. The van der Waals surface area contributed by atoms with Crippen molar-refractivity contribution >= 4 is 33.7 Å². The minimum absolute atomic E-state index is 0.491. The molecule has 5 rings (SSSR count). The molecule has 1 aliphatic heterocycles. The van der Waals surface area contributed by atoms with Crippen molar-refractivity contribution in [3.8, 4) is 0 Å². The fourth-order valence-corrected chi connectivity index (χ4v) is 3.74. The lowest BCUT2D eigenvalue weighted by atomic mass is 10.1. The van der Waals surface area contributed by atoms with Gasteiger partial charge in [-0.3, -0.25) is 0 Å². The molecule has 2 aromatic heterocycles. The van der Waals surface area contributed by atoms with Crippen molar-refractivity contribution in [1.29, 1.82) is 0 Å². The molecule has 0 spiro atoms. The molecule has 0 amide bonds. The van der Waals surface area contributed by atoms with Gasteiger partial charge in [0.05, 0.1) is 11.2 Å². The molecule has 142 valence electrons. The number of fused-ring (bicyclic) bond motifs is 3. The van der Waals surface area contributed by atoms with E-state index in [-0.39, 0.29) is 0 Å². The second-order valence-corrected chi connectivity index (χ2v) is 7.27. The van der Waals surface area contributed by atoms with Gasteiger partial charge in [0.2, 0.25) is 0 Å². The maximum absolute atomic E-state index is 5.43. The molecule has 4 aromatic rings. The molecule has 0 bridgehead atoms. The zero-order chi connectivity index (χ0) is 18.9. The Morgan fingerprint density at radius 2 is 1.75 bits per heavy atom. The Kier molecular flexibility index (Phi) is 4.33. The number of aromatic nitrogens is 3. The van der Waals surface area contributed by atoms with Crippen LogP contribution in [-0.2, 0) is 4.74 Å². The molecule has 1 saturated heterocycles. The molecular weight excluding hydrogens is 350 g/mol. The second kappa shape index (κ2) is 7.13. The van der Waals surface area contributed by atoms with Gasteiger partial charge < -0.3 is 15.4 Å². The van der Waals surface area contributed by atoms with Crippen molar-refractivity contribution in [2.75, 3.05) is 23.8 Å². The summed E-state index contributed by atoms with van der Waals surface area (Å²) in [5.74, 6) is 0.841. The monoisotopic (exact) mass is 373 g/mol. The summed E-state index contributed by atoms with van der Waals surface area (Å²) < 4.78 is 7.33. The molecule has 6 nitrogen and oxygen atoms in total. The van der Waals surface area contributed by atoms with Gasteiger partial charge in [-0.1, -0.05) is 12.1 Å². The first-order valence-electron chi connectivity index (χ1n) is 9.73. The zero-order valence-electron chi connectivity index (χ0n) is 15.9. The summed E-state index contributed by atoms with van der Waals surface area (Å²) in [6.45, 7) is 3.67. The fourth-order valence-electron chi connectivity index (χ4n) is 3.74. The quantitative estimate of drug-likeness (QED) is 0.550. The Morgan fingerprint density at radius 3 is 2.57 bits per heavy atom. The van der Waals surface area contributed by atoms with Gasteiger partial charge in [-0.2, -0.15) is 5.10 Å². The van der Waals surface area contributed by atoms with Crippen molar-refractivity contribution < 1.29 is 4.74 Å². The highest BCUT2D eigenvalue weighted by molar-refractivity contribution is 5.92. The highest BCUT2D eigenvalue weighted by Crippen LogP contribution is 2.27. The van der Waals surface area contributed by atoms with Crippen LogP contribution in [0.3, 0.4) is 0 Å². The summed E-state index contributed by atoms with van der Waals surface area (Å²) in [5, 5.41) is 12.7. The van der Waals surface area contributed by atoms with E-state index in [1.807, 2.05) is 29.6 Å². The molecule has 0 atom stereocenters. The number of nitrogens with one attached hydrogen (secondary N) is 2. The maximum Gasteiger partial charge on any atom is 0.158 e. The summed E-state index contributed by atoms with van der Waals surface area (Å²) in [6.07, 6.45) is 2.11. The van der Waals surface area contributed by atoms with E-state index in [9.17, 15) is 0 Å². The minimum Gasteiger partial charge on any atom is -0.382 e. The molecular formula is C22H23N5O. The van der Waals surface area contributed by atoms with Crippen LogP contribution in [-0.4, -0.2) is 33.9 Å². The Hall–Kier alpha value is -3.12. The first kappa shape index (κ1) is 17.0. The largest absolute Gasteiger partial charge is 0.382 e. The van der Waals surface area contributed by atoms with Crippen molar-refractivity contribution in [2.24, 2.45) is 0 Å². The molecule has 0 unspecified atom stereocenters. The number of hydrogen-bond donors (Lipinski definition) is 2. The Balaban J connectivity index is 1.42. The third kappa shape index (κ3) is 3.27. The molecule has 2 N–H and O–H groups in total. The Labute approximate surface area is 163 Å². The van der Waals surface area contributed by atoms with Crippen LogP contribution in [0.4, 0.5) is 17.2 Å². The number of ether oxygens (including phenoxy) is 1. The van der Waals surface area contributed by atoms with Gasteiger partial charge in [0.1, 0.15) is 5.82 Å². The first-order chi connectivity index (χ1) is 13.8. The van der Waals surface area contributed by atoms with Crippen LogP contribution in [0.1, 0.15) is 18.5 Å². The SMILES string of the molecule is Cc1cc2nc(Nc3ccc(NC4CCOCC4)cc3)c3ccccc3n2n1. The van der Waals surface area contributed by atoms with Crippen LogP contribution < -0.4 is 10.6 Å². The average Bonchev–Trinajstić information content (AvgIpc) is 3.11. The molecule has 0 radical (unpaired) electrons. The summed E-state index contributed by atoms with van der Waals surface area (Å²) in [4.78, 5) is 4.80. The highest BCUT2D eigenvalue weighted by Gasteiger charge is 2.13. The van der Waals surface area contributed by atoms with E-state index >= 15 is 0 Å². The normalized spacial score (nSPS) is 15.2. The van der Waals surface area contributed by atoms with Crippen molar-refractivity contribution in [3.05, 3.63) is 60.3 Å². The maximum atomic E-state index is 5.43. The highest BCUT2D eigenvalue weighted by atomic mass is 16.5. The van der Waals surface area contributed by atoms with Crippen LogP contribution in [0.15, 0.2) is 54.6 Å². The topological polar surface area (TPSA) is 63.5 Å². The lowest BCUT2D eigenvalue weighted by Gasteiger charge is -2.24. The number of anilines is 3. The lowest BCUT2D eigenvalue weighted by Crippen LogP contribution is -2.27. The van der Waals surface area contributed by atoms with E-state index < -0.39 is 0 Å². The van der Waals surface area contributed by atoms with Crippen molar-refractivity contribution in [1.82, 2.24) is 14.6 Å². The Morgan fingerprint density at radius 1 is 1.00 bits per heavy atom. The Bertz CT molecular complexity index is 1110. The van der Waals surface area contributed by atoms with E-state index in [0.29, 0.717) is 6.04 Å². The first-order valence-corrected chi connectivity index (χ1v) is 9.73. The summed E-state index contributed by atoms with van der Waals surface area (Å²) in [7, 11) is 0. The summed E-state index contributed by atoms with van der Waals surface area (Å²) in [5.41, 5.74) is 4.99. The van der Waals surface area contributed by atoms with E-state index in [4.69, 9.17) is 9.72 Å². The number of benzene rings is 2. The average molecular weight is 373 g/mol. The number of nitrogens with zero attached hydrogens (tertiary/aromatic N) is 3. The molecule has 28 heavy (non-hydrogen) atoms. The third-order valence-corrected chi connectivity index (χ3v) is 5.17. The van der Waals surface area contributed by atoms with E-state index in [0.717, 1.165) is 65.5 Å². The lowest BCUT2D eigenvalue weighted by molar-refractivity contribution is 0.0904. The van der Waals surface area contributed by atoms with E-state index in [1.165, 1.54) is 0 Å². The van der Waals surface area contributed by atoms with E-state index in [1.54, 1.807) is 0 Å². The number of aryl methyl sites for hydroxylation is 1. The molecule has 6 heteroatoms. The van der Waals surface area contributed by atoms with Gasteiger partial charge in [0, 0.05) is 42.1 Å². The molecule has 3 heterocycles. The van der Waals surface area contributed by atoms with Gasteiger partial charge in [-0.05, 0) is 56.2 Å². The zero-order valence-corrected chi connectivity index (χ0v) is 15.9. The van der Waals surface area contributed by atoms with Gasteiger partial charge in [0.15, 0.2) is 5.65 Å². The number of para-hydroxylation sites is 1.